The Balaban J connectivity index is 1.76. The van der Waals surface area contributed by atoms with Crippen LogP contribution in [0.25, 0.3) is 0 Å². The number of para-hydroxylation sites is 1. The summed E-state index contributed by atoms with van der Waals surface area (Å²) in [6, 6.07) is 9.97. The highest BCUT2D eigenvalue weighted by molar-refractivity contribution is 5.60. The summed E-state index contributed by atoms with van der Waals surface area (Å²) in [4.78, 5) is 0. The number of benzene rings is 1. The molecule has 0 radical (unpaired) electrons. The van der Waals surface area contributed by atoms with Crippen LogP contribution < -0.4 is 5.43 Å². The zero-order valence-corrected chi connectivity index (χ0v) is 9.21. The minimum Gasteiger partial charge on any atom is -0.279 e. The molecule has 0 saturated carbocycles. The molecule has 0 spiro atoms. The summed E-state index contributed by atoms with van der Waals surface area (Å²) < 4.78 is 0. The van der Waals surface area contributed by atoms with Gasteiger partial charge in [0.1, 0.15) is 0 Å². The van der Waals surface area contributed by atoms with Crippen LogP contribution in [0.5, 0.6) is 0 Å². The van der Waals surface area contributed by atoms with E-state index in [2.05, 4.69) is 34.8 Å². The summed E-state index contributed by atoms with van der Waals surface area (Å²) in [5.41, 5.74) is 4.03. The van der Waals surface area contributed by atoms with Crippen LogP contribution in [0.4, 0.5) is 5.69 Å². The lowest BCUT2D eigenvalue weighted by atomic mass is 10.0. The highest BCUT2D eigenvalue weighted by Gasteiger charge is 1.99. The molecule has 2 nitrogen and oxygen atoms in total. The Bertz CT molecular complexity index is 378. The van der Waals surface area contributed by atoms with Crippen LogP contribution in [0.1, 0.15) is 12.8 Å². The van der Waals surface area contributed by atoms with Gasteiger partial charge in [-0.25, -0.2) is 0 Å². The van der Waals surface area contributed by atoms with E-state index >= 15 is 0 Å². The largest absolute Gasteiger partial charge is 0.279 e. The van der Waals surface area contributed by atoms with E-state index in [1.165, 1.54) is 0 Å². The summed E-state index contributed by atoms with van der Waals surface area (Å²) in [5.74, 6) is 0.509. The van der Waals surface area contributed by atoms with Crippen molar-refractivity contribution in [2.45, 2.75) is 12.8 Å². The molecule has 82 valence electrons. The molecule has 2 heteroatoms. The fourth-order valence-electron chi connectivity index (χ4n) is 1.61. The first kappa shape index (κ1) is 10.7. The first-order valence-corrected chi connectivity index (χ1v) is 5.61. The first-order valence-electron chi connectivity index (χ1n) is 5.61. The number of hydrazone groups is 1. The summed E-state index contributed by atoms with van der Waals surface area (Å²) in [6.45, 7) is 0. The van der Waals surface area contributed by atoms with Crippen molar-refractivity contribution < 1.29 is 0 Å². The molecule has 0 bridgehead atoms. The lowest BCUT2D eigenvalue weighted by Crippen LogP contribution is -1.97. The van der Waals surface area contributed by atoms with Crippen molar-refractivity contribution in [2.24, 2.45) is 11.0 Å². The highest BCUT2D eigenvalue weighted by Crippen LogP contribution is 2.11. The van der Waals surface area contributed by atoms with E-state index in [9.17, 15) is 0 Å². The van der Waals surface area contributed by atoms with Crippen molar-refractivity contribution in [3.63, 3.8) is 0 Å². The topological polar surface area (TPSA) is 24.4 Å². The Morgan fingerprint density at radius 2 is 1.94 bits per heavy atom. The molecule has 1 aromatic rings. The van der Waals surface area contributed by atoms with Crippen LogP contribution >= 0.6 is 0 Å². The van der Waals surface area contributed by atoms with E-state index in [4.69, 9.17) is 0 Å². The van der Waals surface area contributed by atoms with E-state index in [1.807, 2.05) is 36.5 Å². The molecule has 0 atom stereocenters. The van der Waals surface area contributed by atoms with E-state index in [1.54, 1.807) is 0 Å². The quantitative estimate of drug-likeness (QED) is 0.460. The molecule has 1 aliphatic carbocycles. The maximum absolute atomic E-state index is 4.19. The number of anilines is 1. The number of rotatable bonds is 4. The molecule has 0 aromatic heterocycles. The zero-order valence-electron chi connectivity index (χ0n) is 9.21. The number of nitrogens with zero attached hydrogens (tertiary/aromatic N) is 1. The summed E-state index contributed by atoms with van der Waals surface area (Å²) in [5, 5.41) is 4.19. The molecule has 0 amide bonds. The van der Waals surface area contributed by atoms with E-state index in [-0.39, 0.29) is 0 Å². The fourth-order valence-corrected chi connectivity index (χ4v) is 1.61. The van der Waals surface area contributed by atoms with Gasteiger partial charge in [-0.3, -0.25) is 5.43 Å². The van der Waals surface area contributed by atoms with Crippen molar-refractivity contribution in [3.05, 3.63) is 54.6 Å². The van der Waals surface area contributed by atoms with Gasteiger partial charge in [-0.05, 0) is 30.9 Å². The molecule has 0 heterocycles. The Morgan fingerprint density at radius 3 is 2.69 bits per heavy atom. The first-order chi connectivity index (χ1) is 7.95. The third-order valence-electron chi connectivity index (χ3n) is 2.48. The third kappa shape index (κ3) is 3.39. The van der Waals surface area contributed by atoms with Gasteiger partial charge in [0.25, 0.3) is 0 Å². The Hall–Kier alpha value is -1.83. The van der Waals surface area contributed by atoms with Crippen LogP contribution in [-0.2, 0) is 0 Å². The average Bonchev–Trinajstić information content (AvgIpc) is 2.37. The van der Waals surface area contributed by atoms with Gasteiger partial charge in [-0.15, -0.1) is 0 Å². The SMILES string of the molecule is C1=CC(C/C=N/Nc2ccccc2)C=CC1. The minimum absolute atomic E-state index is 0.509. The third-order valence-corrected chi connectivity index (χ3v) is 2.48. The molecular formula is C14H16N2. The summed E-state index contributed by atoms with van der Waals surface area (Å²) >= 11 is 0. The van der Waals surface area contributed by atoms with E-state index < -0.39 is 0 Å². The monoisotopic (exact) mass is 212 g/mol. The molecule has 16 heavy (non-hydrogen) atoms. The second-order valence-electron chi connectivity index (χ2n) is 3.78. The number of hydrogen-bond acceptors (Lipinski definition) is 2. The van der Waals surface area contributed by atoms with Gasteiger partial charge in [0.05, 0.1) is 5.69 Å². The molecule has 2 rings (SSSR count). The normalized spacial score (nSPS) is 15.8. The van der Waals surface area contributed by atoms with Crippen LogP contribution in [-0.4, -0.2) is 6.21 Å². The predicted molar refractivity (Wildman–Crippen MR) is 69.6 cm³/mol. The molecular weight excluding hydrogens is 196 g/mol. The summed E-state index contributed by atoms with van der Waals surface area (Å²) in [6.07, 6.45) is 12.8. The Morgan fingerprint density at radius 1 is 1.19 bits per heavy atom. The second-order valence-corrected chi connectivity index (χ2v) is 3.78. The van der Waals surface area contributed by atoms with Gasteiger partial charge < -0.3 is 0 Å². The van der Waals surface area contributed by atoms with Crippen LogP contribution in [0.15, 0.2) is 59.7 Å². The van der Waals surface area contributed by atoms with Crippen molar-refractivity contribution in [2.75, 3.05) is 5.43 Å². The van der Waals surface area contributed by atoms with Crippen molar-refractivity contribution >= 4 is 11.9 Å². The number of nitrogens with one attached hydrogen (secondary N) is 1. The predicted octanol–water partition coefficient (Wildman–Crippen LogP) is 3.61. The molecule has 0 aliphatic heterocycles. The van der Waals surface area contributed by atoms with Crippen molar-refractivity contribution in [3.8, 4) is 0 Å². The molecule has 0 fully saturated rings. The fraction of sp³-hybridized carbons (Fsp3) is 0.214. The van der Waals surface area contributed by atoms with Gasteiger partial charge in [0, 0.05) is 6.21 Å². The molecule has 1 aromatic carbocycles. The van der Waals surface area contributed by atoms with Gasteiger partial charge in [-0.2, -0.15) is 5.10 Å². The lowest BCUT2D eigenvalue weighted by Gasteiger charge is -2.06. The van der Waals surface area contributed by atoms with Gasteiger partial charge >= 0.3 is 0 Å². The maximum atomic E-state index is 4.19. The maximum Gasteiger partial charge on any atom is 0.0561 e. The smallest absolute Gasteiger partial charge is 0.0561 e. The standard InChI is InChI=1S/C14H16N2/c1-3-7-13(8-4-1)11-12-15-16-14-9-5-2-6-10-14/h2-10,12-13,16H,1,11H2/b15-12+. The lowest BCUT2D eigenvalue weighted by molar-refractivity contribution is 0.849. The van der Waals surface area contributed by atoms with E-state index in [0.29, 0.717) is 5.92 Å². The van der Waals surface area contributed by atoms with Crippen LogP contribution in [0.3, 0.4) is 0 Å². The van der Waals surface area contributed by atoms with E-state index in [0.717, 1.165) is 18.5 Å². The van der Waals surface area contributed by atoms with Crippen LogP contribution in [0.2, 0.25) is 0 Å². The molecule has 0 unspecified atom stereocenters. The zero-order chi connectivity index (χ0) is 11.1. The van der Waals surface area contributed by atoms with Gasteiger partial charge in [0.15, 0.2) is 0 Å². The second kappa shape index (κ2) is 5.91. The highest BCUT2D eigenvalue weighted by atomic mass is 15.3. The molecule has 1 N–H and O–H groups in total. The summed E-state index contributed by atoms with van der Waals surface area (Å²) in [7, 11) is 0. The molecule has 1 aliphatic rings. The van der Waals surface area contributed by atoms with Crippen molar-refractivity contribution in [1.29, 1.82) is 0 Å². The Labute approximate surface area is 96.4 Å². The Kier molecular flexibility index (Phi) is 3.94. The molecule has 0 saturated heterocycles. The average molecular weight is 212 g/mol. The van der Waals surface area contributed by atoms with Crippen LogP contribution in [0, 0.1) is 5.92 Å². The van der Waals surface area contributed by atoms with Gasteiger partial charge in [0.2, 0.25) is 0 Å². The number of hydrogen-bond donors (Lipinski definition) is 1. The van der Waals surface area contributed by atoms with Gasteiger partial charge in [-0.1, -0.05) is 42.5 Å². The van der Waals surface area contributed by atoms with Crippen molar-refractivity contribution in [1.82, 2.24) is 0 Å². The number of allylic oxidation sites excluding steroid dienone is 4. The minimum atomic E-state index is 0.509.